The lowest BCUT2D eigenvalue weighted by Gasteiger charge is -2.12. The molecule has 6 nitrogen and oxygen atoms in total. The monoisotopic (exact) mass is 334 g/mol. The van der Waals surface area contributed by atoms with Crippen LogP contribution in [0.15, 0.2) is 66.7 Å². The molecular formula is C19H18N4O2. The minimum Gasteiger partial charge on any atom is -0.495 e. The first-order valence-corrected chi connectivity index (χ1v) is 7.70. The van der Waals surface area contributed by atoms with Gasteiger partial charge in [0.1, 0.15) is 17.3 Å². The molecule has 0 aliphatic carbocycles. The number of nitrogen functional groups attached to an aromatic ring is 1. The number of pyridine rings is 1. The molecule has 0 aliphatic heterocycles. The normalized spacial score (nSPS) is 10.1. The van der Waals surface area contributed by atoms with E-state index in [9.17, 15) is 4.79 Å². The first kappa shape index (κ1) is 16.3. The van der Waals surface area contributed by atoms with Crippen LogP contribution in [-0.2, 0) is 0 Å². The second-order valence-corrected chi connectivity index (χ2v) is 5.31. The third-order valence-electron chi connectivity index (χ3n) is 3.50. The summed E-state index contributed by atoms with van der Waals surface area (Å²) in [7, 11) is 1.60. The molecule has 3 rings (SSSR count). The molecule has 0 unspecified atom stereocenters. The Morgan fingerprint density at radius 3 is 2.48 bits per heavy atom. The number of nitrogens with two attached hydrogens (primary N) is 1. The maximum Gasteiger partial charge on any atom is 0.274 e. The van der Waals surface area contributed by atoms with Gasteiger partial charge in [0.25, 0.3) is 5.91 Å². The van der Waals surface area contributed by atoms with Gasteiger partial charge in [0.05, 0.1) is 12.8 Å². The van der Waals surface area contributed by atoms with E-state index in [0.29, 0.717) is 17.1 Å². The van der Waals surface area contributed by atoms with Crippen molar-refractivity contribution in [3.63, 3.8) is 0 Å². The summed E-state index contributed by atoms with van der Waals surface area (Å²) in [6, 6.07) is 20.0. The van der Waals surface area contributed by atoms with Crippen LogP contribution in [0.1, 0.15) is 10.5 Å². The van der Waals surface area contributed by atoms with Gasteiger partial charge in [0.2, 0.25) is 0 Å². The molecule has 0 saturated heterocycles. The number of ether oxygens (including phenoxy) is 1. The van der Waals surface area contributed by atoms with Crippen molar-refractivity contribution in [3.8, 4) is 5.75 Å². The van der Waals surface area contributed by atoms with Gasteiger partial charge in [-0.25, -0.2) is 4.98 Å². The van der Waals surface area contributed by atoms with Gasteiger partial charge in [0, 0.05) is 17.4 Å². The van der Waals surface area contributed by atoms with Gasteiger partial charge in [-0.05, 0) is 30.3 Å². The molecule has 4 N–H and O–H groups in total. The summed E-state index contributed by atoms with van der Waals surface area (Å²) in [5.74, 6) is 0.604. The summed E-state index contributed by atoms with van der Waals surface area (Å²) < 4.78 is 5.32. The predicted molar refractivity (Wildman–Crippen MR) is 99.3 cm³/mol. The molecule has 2 aromatic carbocycles. The van der Waals surface area contributed by atoms with E-state index in [1.807, 2.05) is 42.5 Å². The number of methoxy groups -OCH3 is 1. The summed E-state index contributed by atoms with van der Waals surface area (Å²) in [6.45, 7) is 0. The van der Waals surface area contributed by atoms with Gasteiger partial charge in [-0.3, -0.25) is 4.79 Å². The lowest BCUT2D eigenvalue weighted by Crippen LogP contribution is -2.14. The number of nitrogens with one attached hydrogen (secondary N) is 2. The van der Waals surface area contributed by atoms with Crippen LogP contribution < -0.4 is 21.1 Å². The molecule has 1 heterocycles. The van der Waals surface area contributed by atoms with Gasteiger partial charge in [-0.1, -0.05) is 30.3 Å². The molecule has 25 heavy (non-hydrogen) atoms. The predicted octanol–water partition coefficient (Wildman–Crippen LogP) is 3.67. The Morgan fingerprint density at radius 1 is 1.00 bits per heavy atom. The number of carbonyl (C=O) groups excluding carboxylic acids is 1. The van der Waals surface area contributed by atoms with Gasteiger partial charge < -0.3 is 21.1 Å². The Bertz CT molecular complexity index is 882. The molecule has 0 fully saturated rings. The highest BCUT2D eigenvalue weighted by Gasteiger charge is 2.11. The molecule has 0 saturated carbocycles. The van der Waals surface area contributed by atoms with E-state index in [0.717, 1.165) is 5.69 Å². The summed E-state index contributed by atoms with van der Waals surface area (Å²) in [6.07, 6.45) is 0. The SMILES string of the molecule is COc1ccccc1Nc1cc(N)nc(C(=O)Nc2ccccc2)c1. The highest BCUT2D eigenvalue weighted by atomic mass is 16.5. The second-order valence-electron chi connectivity index (χ2n) is 5.31. The van der Waals surface area contributed by atoms with Crippen LogP contribution in [0.5, 0.6) is 5.75 Å². The number of carbonyl (C=O) groups is 1. The zero-order valence-electron chi connectivity index (χ0n) is 13.7. The van der Waals surface area contributed by atoms with Crippen molar-refractivity contribution < 1.29 is 9.53 Å². The fourth-order valence-electron chi connectivity index (χ4n) is 2.36. The van der Waals surface area contributed by atoms with Crippen LogP contribution in [0.4, 0.5) is 22.9 Å². The van der Waals surface area contributed by atoms with E-state index >= 15 is 0 Å². The molecule has 126 valence electrons. The molecule has 0 aliphatic rings. The Balaban J connectivity index is 1.84. The number of benzene rings is 2. The van der Waals surface area contributed by atoms with Crippen molar-refractivity contribution in [1.29, 1.82) is 0 Å². The van der Waals surface area contributed by atoms with Crippen LogP contribution >= 0.6 is 0 Å². The van der Waals surface area contributed by atoms with Crippen molar-refractivity contribution in [2.45, 2.75) is 0 Å². The summed E-state index contributed by atoms with van der Waals surface area (Å²) in [4.78, 5) is 16.5. The molecule has 1 aromatic heterocycles. The van der Waals surface area contributed by atoms with Crippen molar-refractivity contribution in [2.24, 2.45) is 0 Å². The van der Waals surface area contributed by atoms with E-state index in [2.05, 4.69) is 15.6 Å². The summed E-state index contributed by atoms with van der Waals surface area (Å²) in [5, 5.41) is 5.99. The van der Waals surface area contributed by atoms with Gasteiger partial charge in [0.15, 0.2) is 0 Å². The average molecular weight is 334 g/mol. The third kappa shape index (κ3) is 4.06. The number of para-hydroxylation sites is 3. The van der Waals surface area contributed by atoms with Crippen LogP contribution in [0.3, 0.4) is 0 Å². The highest BCUT2D eigenvalue weighted by molar-refractivity contribution is 6.03. The fourth-order valence-corrected chi connectivity index (χ4v) is 2.36. The van der Waals surface area contributed by atoms with Crippen molar-refractivity contribution >= 4 is 28.8 Å². The number of aromatic nitrogens is 1. The lowest BCUT2D eigenvalue weighted by molar-refractivity contribution is 0.102. The van der Waals surface area contributed by atoms with Crippen molar-refractivity contribution in [3.05, 3.63) is 72.4 Å². The number of hydrogen-bond donors (Lipinski definition) is 3. The number of nitrogens with zero attached hydrogens (tertiary/aromatic N) is 1. The molecule has 0 radical (unpaired) electrons. The number of amides is 1. The molecule has 3 aromatic rings. The summed E-state index contributed by atoms with van der Waals surface area (Å²) in [5.41, 5.74) is 8.18. The van der Waals surface area contributed by atoms with Crippen molar-refractivity contribution in [2.75, 3.05) is 23.5 Å². The molecule has 1 amide bonds. The largest absolute Gasteiger partial charge is 0.495 e. The van der Waals surface area contributed by atoms with Crippen LogP contribution in [-0.4, -0.2) is 18.0 Å². The Labute approximate surface area is 145 Å². The quantitative estimate of drug-likeness (QED) is 0.662. The van der Waals surface area contributed by atoms with Gasteiger partial charge in [-0.2, -0.15) is 0 Å². The first-order chi connectivity index (χ1) is 12.2. The molecule has 0 atom stereocenters. The molecule has 0 spiro atoms. The minimum atomic E-state index is -0.332. The van der Waals surface area contributed by atoms with Crippen LogP contribution in [0.2, 0.25) is 0 Å². The molecular weight excluding hydrogens is 316 g/mol. The van der Waals surface area contributed by atoms with Crippen molar-refractivity contribution in [1.82, 2.24) is 4.98 Å². The molecule has 6 heteroatoms. The second kappa shape index (κ2) is 7.35. The van der Waals surface area contributed by atoms with E-state index in [1.165, 1.54) is 0 Å². The number of rotatable bonds is 5. The van der Waals surface area contributed by atoms with E-state index in [4.69, 9.17) is 10.5 Å². The fraction of sp³-hybridized carbons (Fsp3) is 0.0526. The third-order valence-corrected chi connectivity index (χ3v) is 3.50. The Morgan fingerprint density at radius 2 is 1.72 bits per heavy atom. The number of hydrogen-bond acceptors (Lipinski definition) is 5. The zero-order valence-corrected chi connectivity index (χ0v) is 13.7. The van der Waals surface area contributed by atoms with Crippen LogP contribution in [0, 0.1) is 0 Å². The van der Waals surface area contributed by atoms with Crippen LogP contribution in [0.25, 0.3) is 0 Å². The van der Waals surface area contributed by atoms with E-state index in [-0.39, 0.29) is 17.4 Å². The zero-order chi connectivity index (χ0) is 17.6. The van der Waals surface area contributed by atoms with Gasteiger partial charge in [-0.15, -0.1) is 0 Å². The smallest absolute Gasteiger partial charge is 0.274 e. The summed E-state index contributed by atoms with van der Waals surface area (Å²) >= 11 is 0. The lowest BCUT2D eigenvalue weighted by atomic mass is 10.2. The van der Waals surface area contributed by atoms with E-state index < -0.39 is 0 Å². The topological polar surface area (TPSA) is 89.3 Å². The average Bonchev–Trinajstić information content (AvgIpc) is 2.62. The van der Waals surface area contributed by atoms with Gasteiger partial charge >= 0.3 is 0 Å². The Hall–Kier alpha value is -3.54. The Kier molecular flexibility index (Phi) is 4.80. The molecule has 0 bridgehead atoms. The first-order valence-electron chi connectivity index (χ1n) is 7.70. The maximum atomic E-state index is 12.4. The maximum absolute atomic E-state index is 12.4. The minimum absolute atomic E-state index is 0.223. The highest BCUT2D eigenvalue weighted by Crippen LogP contribution is 2.27. The number of anilines is 4. The standard InChI is InChI=1S/C19H18N4O2/c1-25-17-10-6-5-9-15(17)21-14-11-16(23-18(20)12-14)19(24)22-13-7-3-2-4-8-13/h2-12H,1H3,(H,22,24)(H3,20,21,23). The van der Waals surface area contributed by atoms with E-state index in [1.54, 1.807) is 31.4 Å².